The van der Waals surface area contributed by atoms with Gasteiger partial charge >= 0.3 is 6.18 Å². The Morgan fingerprint density at radius 3 is 2.29 bits per heavy atom. The maximum absolute atomic E-state index is 13.7. The van der Waals surface area contributed by atoms with Crippen molar-refractivity contribution in [3.63, 3.8) is 0 Å². The quantitative estimate of drug-likeness (QED) is 0.265. The third-order valence-electron chi connectivity index (χ3n) is 7.45. The van der Waals surface area contributed by atoms with Crippen LogP contribution in [0.4, 0.5) is 18.9 Å². The highest BCUT2D eigenvalue weighted by Crippen LogP contribution is 2.33. The van der Waals surface area contributed by atoms with E-state index in [2.05, 4.69) is 4.98 Å². The minimum atomic E-state index is -4.65. The van der Waals surface area contributed by atoms with Gasteiger partial charge in [0, 0.05) is 54.8 Å². The zero-order valence-corrected chi connectivity index (χ0v) is 25.2. The fourth-order valence-electron chi connectivity index (χ4n) is 5.21. The third-order valence-corrected chi connectivity index (χ3v) is 8.69. The Kier molecular flexibility index (Phi) is 9.28. The number of nitrogens with one attached hydrogen (secondary N) is 1. The average molecular weight is 641 g/mol. The van der Waals surface area contributed by atoms with E-state index in [9.17, 15) is 31.2 Å². The number of amides is 2. The van der Waals surface area contributed by atoms with Crippen molar-refractivity contribution in [2.45, 2.75) is 19.5 Å². The van der Waals surface area contributed by atoms with Crippen molar-refractivity contribution >= 4 is 38.3 Å². The largest absolute Gasteiger partial charge is 0.492 e. The Bertz CT molecular complexity index is 1810. The fourth-order valence-corrected chi connectivity index (χ4v) is 6.21. The maximum Gasteiger partial charge on any atom is 0.390 e. The molecule has 0 atom stereocenters. The number of alkyl halides is 3. The maximum atomic E-state index is 13.7. The van der Waals surface area contributed by atoms with Crippen molar-refractivity contribution in [2.75, 3.05) is 43.4 Å². The second kappa shape index (κ2) is 13.1. The van der Waals surface area contributed by atoms with Crippen LogP contribution in [0.1, 0.15) is 34.1 Å². The number of piperazine rings is 1. The average Bonchev–Trinajstić information content (AvgIpc) is 3.03. The lowest BCUT2D eigenvalue weighted by molar-refractivity contribution is -0.130. The number of nitrogens with zero attached hydrogens (tertiary/aromatic N) is 3. The zero-order valence-electron chi connectivity index (χ0n) is 24.4. The number of rotatable bonds is 9. The highest BCUT2D eigenvalue weighted by molar-refractivity contribution is 7.90. The molecule has 2 amide bonds. The molecule has 1 N–H and O–H groups in total. The highest BCUT2D eigenvalue weighted by atomic mass is 32.2. The molecule has 1 aromatic heterocycles. The van der Waals surface area contributed by atoms with Crippen LogP contribution in [0.2, 0.25) is 0 Å². The Labute approximate surface area is 258 Å². The molecule has 9 nitrogen and oxygen atoms in total. The topological polar surface area (TPSA) is 109 Å². The van der Waals surface area contributed by atoms with Gasteiger partial charge in [0.15, 0.2) is 0 Å². The summed E-state index contributed by atoms with van der Waals surface area (Å²) in [6.45, 7) is 4.39. The van der Waals surface area contributed by atoms with E-state index < -0.39 is 34.3 Å². The van der Waals surface area contributed by atoms with Crippen molar-refractivity contribution in [3.8, 4) is 16.9 Å². The zero-order chi connectivity index (χ0) is 32.2. The highest BCUT2D eigenvalue weighted by Gasteiger charge is 2.31. The molecule has 5 rings (SSSR count). The first-order chi connectivity index (χ1) is 21.4. The summed E-state index contributed by atoms with van der Waals surface area (Å²) in [7, 11) is -4.44. The molecule has 0 unspecified atom stereocenters. The van der Waals surface area contributed by atoms with Crippen LogP contribution in [0.5, 0.6) is 5.75 Å². The minimum absolute atomic E-state index is 0.00105. The van der Waals surface area contributed by atoms with Crippen LogP contribution < -0.4 is 14.4 Å². The van der Waals surface area contributed by atoms with Gasteiger partial charge in [-0.15, -0.1) is 0 Å². The molecule has 13 heteroatoms. The number of benzene rings is 3. The van der Waals surface area contributed by atoms with Crippen LogP contribution in [-0.4, -0.2) is 74.8 Å². The number of hydrogen-bond acceptors (Lipinski definition) is 7. The lowest BCUT2D eigenvalue weighted by atomic mass is 9.95. The van der Waals surface area contributed by atoms with Crippen molar-refractivity contribution in [2.24, 2.45) is 0 Å². The van der Waals surface area contributed by atoms with E-state index in [1.165, 1.54) is 12.1 Å². The van der Waals surface area contributed by atoms with Crippen molar-refractivity contribution in [1.29, 1.82) is 0 Å². The summed E-state index contributed by atoms with van der Waals surface area (Å²) >= 11 is 0. The Morgan fingerprint density at radius 1 is 0.933 bits per heavy atom. The van der Waals surface area contributed by atoms with E-state index >= 15 is 0 Å². The van der Waals surface area contributed by atoms with E-state index in [1.54, 1.807) is 34.1 Å². The second-order valence-corrected chi connectivity index (χ2v) is 12.3. The van der Waals surface area contributed by atoms with E-state index in [4.69, 9.17) is 4.74 Å². The number of ether oxygens (including phenoxy) is 1. The SMILES string of the molecule is CCOc1cncc(-c2ccc(C(=O)N3CCN(c4ccc(C(=O)NS(=O)(=O)CCC(F)(F)F)cc4)CC3)c3ccccc23)c1. The van der Waals surface area contributed by atoms with Gasteiger partial charge in [0.25, 0.3) is 11.8 Å². The molecule has 0 aliphatic carbocycles. The van der Waals surface area contributed by atoms with Gasteiger partial charge in [-0.25, -0.2) is 13.1 Å². The Hall–Kier alpha value is -4.65. The molecule has 0 saturated carbocycles. The number of pyridine rings is 1. The summed E-state index contributed by atoms with van der Waals surface area (Å²) in [5.74, 6) is -1.65. The molecule has 3 aromatic carbocycles. The number of sulfonamides is 1. The molecule has 0 radical (unpaired) electrons. The van der Waals surface area contributed by atoms with Crippen LogP contribution in [0, 0.1) is 0 Å². The summed E-state index contributed by atoms with van der Waals surface area (Å²) in [4.78, 5) is 34.2. The first-order valence-electron chi connectivity index (χ1n) is 14.3. The minimum Gasteiger partial charge on any atom is -0.492 e. The predicted molar refractivity (Wildman–Crippen MR) is 165 cm³/mol. The number of hydrogen-bond donors (Lipinski definition) is 1. The van der Waals surface area contributed by atoms with Crippen LogP contribution in [-0.2, 0) is 10.0 Å². The summed E-state index contributed by atoms with van der Waals surface area (Å²) in [5.41, 5.74) is 3.18. The molecule has 2 heterocycles. The number of anilines is 1. The number of carbonyl (C=O) groups is 2. The van der Waals surface area contributed by atoms with E-state index in [-0.39, 0.29) is 11.5 Å². The number of aromatic nitrogens is 1. The molecule has 4 aromatic rings. The van der Waals surface area contributed by atoms with Gasteiger partial charge in [0.2, 0.25) is 10.0 Å². The molecule has 45 heavy (non-hydrogen) atoms. The number of fused-ring (bicyclic) bond motifs is 1. The molecule has 0 spiro atoms. The third kappa shape index (κ3) is 7.72. The monoisotopic (exact) mass is 640 g/mol. The second-order valence-electron chi connectivity index (χ2n) is 10.5. The van der Waals surface area contributed by atoms with E-state index in [1.807, 2.05) is 54.3 Å². The Morgan fingerprint density at radius 2 is 1.62 bits per heavy atom. The predicted octanol–water partition coefficient (Wildman–Crippen LogP) is 5.27. The number of halogens is 3. The van der Waals surface area contributed by atoms with Gasteiger partial charge < -0.3 is 14.5 Å². The van der Waals surface area contributed by atoms with Crippen molar-refractivity contribution < 1.29 is 35.9 Å². The fraction of sp³-hybridized carbons (Fsp3) is 0.281. The Balaban J connectivity index is 1.24. The summed E-state index contributed by atoms with van der Waals surface area (Å²) in [6, 6.07) is 19.5. The molecule has 0 bridgehead atoms. The van der Waals surface area contributed by atoms with Gasteiger partial charge in [-0.05, 0) is 59.7 Å². The molecule has 1 fully saturated rings. The molecular weight excluding hydrogens is 609 g/mol. The molecule has 236 valence electrons. The van der Waals surface area contributed by atoms with Crippen LogP contribution in [0.3, 0.4) is 0 Å². The standard InChI is InChI=1S/C32H31F3N4O5S/c1-2-44-25-19-23(20-36-21-25)26-11-12-29(28-6-4-3-5-27(26)28)31(41)39-16-14-38(15-17-39)24-9-7-22(8-10-24)30(40)37-45(42,43)18-13-32(33,34)35/h3-12,19-21H,2,13-18H2,1H3,(H,37,40). The van der Waals surface area contributed by atoms with Gasteiger partial charge in [-0.1, -0.05) is 30.3 Å². The summed E-state index contributed by atoms with van der Waals surface area (Å²) in [6.07, 6.45) is -2.77. The van der Waals surface area contributed by atoms with Crippen molar-refractivity contribution in [3.05, 3.63) is 90.3 Å². The first kappa shape index (κ1) is 31.8. The van der Waals surface area contributed by atoms with Crippen LogP contribution in [0.15, 0.2) is 79.1 Å². The number of carbonyl (C=O) groups excluding carboxylic acids is 2. The molecule has 1 aliphatic heterocycles. The lowest BCUT2D eigenvalue weighted by Gasteiger charge is -2.36. The van der Waals surface area contributed by atoms with Gasteiger partial charge in [-0.2, -0.15) is 13.2 Å². The first-order valence-corrected chi connectivity index (χ1v) is 15.9. The van der Waals surface area contributed by atoms with Gasteiger partial charge in [-0.3, -0.25) is 14.6 Å². The molecule has 1 saturated heterocycles. The normalized spacial score (nSPS) is 14.0. The van der Waals surface area contributed by atoms with Crippen LogP contribution in [0.25, 0.3) is 21.9 Å². The lowest BCUT2D eigenvalue weighted by Crippen LogP contribution is -2.48. The smallest absolute Gasteiger partial charge is 0.390 e. The van der Waals surface area contributed by atoms with Gasteiger partial charge in [0.1, 0.15) is 5.75 Å². The van der Waals surface area contributed by atoms with Crippen molar-refractivity contribution in [1.82, 2.24) is 14.6 Å². The van der Waals surface area contributed by atoms with Crippen LogP contribution >= 0.6 is 0 Å². The summed E-state index contributed by atoms with van der Waals surface area (Å²) in [5, 5.41) is 1.76. The molecule has 1 aliphatic rings. The van der Waals surface area contributed by atoms with Gasteiger partial charge in [0.05, 0.1) is 25.0 Å². The summed E-state index contributed by atoms with van der Waals surface area (Å²) < 4.78 is 68.2. The van der Waals surface area contributed by atoms with E-state index in [0.717, 1.165) is 27.6 Å². The van der Waals surface area contributed by atoms with E-state index in [0.29, 0.717) is 44.1 Å². The molecular formula is C32H31F3N4O5S.